The number of ether oxygens (including phenoxy) is 1. The van der Waals surface area contributed by atoms with E-state index in [0.29, 0.717) is 44.5 Å². The zero-order valence-electron chi connectivity index (χ0n) is 15.4. The van der Waals surface area contributed by atoms with Crippen molar-refractivity contribution in [2.45, 2.75) is 30.6 Å². The van der Waals surface area contributed by atoms with Crippen molar-refractivity contribution in [1.29, 1.82) is 0 Å². The van der Waals surface area contributed by atoms with Crippen LogP contribution in [0.1, 0.15) is 31.4 Å². The van der Waals surface area contributed by atoms with E-state index in [1.54, 1.807) is 24.3 Å². The van der Waals surface area contributed by atoms with Crippen molar-refractivity contribution in [2.75, 3.05) is 37.7 Å². The Labute approximate surface area is 160 Å². The van der Waals surface area contributed by atoms with Crippen LogP contribution in [-0.4, -0.2) is 55.7 Å². The van der Waals surface area contributed by atoms with E-state index in [4.69, 9.17) is 4.74 Å². The number of piperazine rings is 1. The van der Waals surface area contributed by atoms with Crippen molar-refractivity contribution in [3.63, 3.8) is 0 Å². The SMILES string of the molecule is CCOc1ccccc1S(=O)(=O)N1CCN(c2ccc(C3CC3)nn2)CC1. The Bertz CT molecular complexity index is 889. The van der Waals surface area contributed by atoms with Gasteiger partial charge in [-0.2, -0.15) is 9.40 Å². The third kappa shape index (κ3) is 3.77. The van der Waals surface area contributed by atoms with Crippen molar-refractivity contribution in [1.82, 2.24) is 14.5 Å². The minimum atomic E-state index is -3.58. The molecule has 2 fully saturated rings. The number of anilines is 1. The van der Waals surface area contributed by atoms with E-state index in [-0.39, 0.29) is 4.90 Å². The minimum Gasteiger partial charge on any atom is -0.492 e. The average molecular weight is 388 g/mol. The lowest BCUT2D eigenvalue weighted by atomic mass is 10.2. The smallest absolute Gasteiger partial charge is 0.246 e. The first-order valence-electron chi connectivity index (χ1n) is 9.40. The first-order valence-corrected chi connectivity index (χ1v) is 10.8. The molecule has 0 bridgehead atoms. The average Bonchev–Trinajstić information content (AvgIpc) is 3.54. The summed E-state index contributed by atoms with van der Waals surface area (Å²) in [5.41, 5.74) is 1.06. The standard InChI is InChI=1S/C19H24N4O3S/c1-2-26-17-5-3-4-6-18(17)27(24,25)23-13-11-22(12-14-23)19-10-9-16(20-21-19)15-7-8-15/h3-6,9-10,15H,2,7-8,11-14H2,1H3. The quantitative estimate of drug-likeness (QED) is 0.756. The molecule has 0 N–H and O–H groups in total. The lowest BCUT2D eigenvalue weighted by Gasteiger charge is -2.34. The second-order valence-electron chi connectivity index (χ2n) is 6.86. The first kappa shape index (κ1) is 18.2. The van der Waals surface area contributed by atoms with Gasteiger partial charge in [0.05, 0.1) is 12.3 Å². The maximum atomic E-state index is 13.1. The predicted octanol–water partition coefficient (Wildman–Crippen LogP) is 2.26. The van der Waals surface area contributed by atoms with Gasteiger partial charge >= 0.3 is 0 Å². The summed E-state index contributed by atoms with van der Waals surface area (Å²) in [5, 5.41) is 8.66. The van der Waals surface area contributed by atoms with Crippen molar-refractivity contribution in [2.24, 2.45) is 0 Å². The van der Waals surface area contributed by atoms with Gasteiger partial charge in [-0.1, -0.05) is 12.1 Å². The molecule has 7 nitrogen and oxygen atoms in total. The molecule has 1 aromatic heterocycles. The number of rotatable bonds is 6. The Morgan fingerprint density at radius 2 is 1.78 bits per heavy atom. The van der Waals surface area contributed by atoms with E-state index in [0.717, 1.165) is 11.5 Å². The van der Waals surface area contributed by atoms with Crippen LogP contribution in [0.15, 0.2) is 41.3 Å². The lowest BCUT2D eigenvalue weighted by molar-refractivity contribution is 0.327. The molecule has 0 amide bonds. The van der Waals surface area contributed by atoms with Gasteiger partial charge in [0, 0.05) is 32.1 Å². The van der Waals surface area contributed by atoms with E-state index < -0.39 is 10.0 Å². The molecule has 2 heterocycles. The van der Waals surface area contributed by atoms with E-state index in [1.807, 2.05) is 19.1 Å². The van der Waals surface area contributed by atoms with Crippen LogP contribution in [0, 0.1) is 0 Å². The molecular weight excluding hydrogens is 364 g/mol. The fourth-order valence-corrected chi connectivity index (χ4v) is 4.89. The summed E-state index contributed by atoms with van der Waals surface area (Å²) in [6.07, 6.45) is 2.40. The number of para-hydroxylation sites is 1. The largest absolute Gasteiger partial charge is 0.492 e. The second-order valence-corrected chi connectivity index (χ2v) is 8.77. The third-order valence-electron chi connectivity index (χ3n) is 5.00. The number of hydrogen-bond donors (Lipinski definition) is 0. The summed E-state index contributed by atoms with van der Waals surface area (Å²) in [6.45, 7) is 4.28. The molecule has 0 radical (unpaired) electrons. The van der Waals surface area contributed by atoms with Crippen LogP contribution in [0.5, 0.6) is 5.75 Å². The summed E-state index contributed by atoms with van der Waals surface area (Å²) in [6, 6.07) is 10.9. The summed E-state index contributed by atoms with van der Waals surface area (Å²) >= 11 is 0. The summed E-state index contributed by atoms with van der Waals surface area (Å²) in [7, 11) is -3.58. The Balaban J connectivity index is 1.45. The van der Waals surface area contributed by atoms with Gasteiger partial charge < -0.3 is 9.64 Å². The molecule has 1 aliphatic carbocycles. The normalized spacial score (nSPS) is 18.5. The number of sulfonamides is 1. The van der Waals surface area contributed by atoms with Crippen LogP contribution in [0.4, 0.5) is 5.82 Å². The van der Waals surface area contributed by atoms with Gasteiger partial charge in [0.2, 0.25) is 10.0 Å². The van der Waals surface area contributed by atoms with Crippen molar-refractivity contribution < 1.29 is 13.2 Å². The van der Waals surface area contributed by atoms with E-state index >= 15 is 0 Å². The number of nitrogens with zero attached hydrogens (tertiary/aromatic N) is 4. The van der Waals surface area contributed by atoms with Crippen LogP contribution in [-0.2, 0) is 10.0 Å². The highest BCUT2D eigenvalue weighted by Gasteiger charge is 2.31. The van der Waals surface area contributed by atoms with Crippen LogP contribution in [0.3, 0.4) is 0 Å². The van der Waals surface area contributed by atoms with Gasteiger partial charge in [0.15, 0.2) is 5.82 Å². The second kappa shape index (κ2) is 7.44. The Hall–Kier alpha value is -2.19. The monoisotopic (exact) mass is 388 g/mol. The molecular formula is C19H24N4O3S. The Morgan fingerprint density at radius 1 is 1.04 bits per heavy atom. The summed E-state index contributed by atoms with van der Waals surface area (Å²) in [4.78, 5) is 2.32. The number of hydrogen-bond acceptors (Lipinski definition) is 6. The van der Waals surface area contributed by atoms with Crippen LogP contribution in [0.2, 0.25) is 0 Å². The topological polar surface area (TPSA) is 75.6 Å². The highest BCUT2D eigenvalue weighted by molar-refractivity contribution is 7.89. The van der Waals surface area contributed by atoms with Gasteiger partial charge in [-0.3, -0.25) is 0 Å². The van der Waals surface area contributed by atoms with E-state index in [2.05, 4.69) is 15.1 Å². The van der Waals surface area contributed by atoms with Crippen molar-refractivity contribution in [3.05, 3.63) is 42.1 Å². The molecule has 1 saturated carbocycles. The lowest BCUT2D eigenvalue weighted by Crippen LogP contribution is -2.49. The molecule has 8 heteroatoms. The maximum absolute atomic E-state index is 13.1. The number of benzene rings is 1. The molecule has 1 saturated heterocycles. The molecule has 4 rings (SSSR count). The molecule has 2 aromatic rings. The first-order chi connectivity index (χ1) is 13.1. The molecule has 144 valence electrons. The fourth-order valence-electron chi connectivity index (χ4n) is 3.34. The van der Waals surface area contributed by atoms with Crippen molar-refractivity contribution in [3.8, 4) is 5.75 Å². The molecule has 27 heavy (non-hydrogen) atoms. The Morgan fingerprint density at radius 3 is 2.41 bits per heavy atom. The molecule has 2 aliphatic rings. The fraction of sp³-hybridized carbons (Fsp3) is 0.474. The van der Waals surface area contributed by atoms with Gasteiger partial charge in [-0.15, -0.1) is 5.10 Å². The number of aromatic nitrogens is 2. The van der Waals surface area contributed by atoms with Crippen molar-refractivity contribution >= 4 is 15.8 Å². The van der Waals surface area contributed by atoms with Crippen LogP contribution < -0.4 is 9.64 Å². The molecule has 1 aliphatic heterocycles. The summed E-state index contributed by atoms with van der Waals surface area (Å²) in [5.74, 6) is 1.80. The van der Waals surface area contributed by atoms with Gasteiger partial charge in [-0.25, -0.2) is 8.42 Å². The van der Waals surface area contributed by atoms with E-state index in [1.165, 1.54) is 17.1 Å². The van der Waals surface area contributed by atoms with Gasteiger partial charge in [0.1, 0.15) is 10.6 Å². The highest BCUT2D eigenvalue weighted by Crippen LogP contribution is 2.38. The minimum absolute atomic E-state index is 0.230. The molecule has 0 unspecified atom stereocenters. The highest BCUT2D eigenvalue weighted by atomic mass is 32.2. The zero-order valence-corrected chi connectivity index (χ0v) is 16.2. The zero-order chi connectivity index (χ0) is 18.9. The Kier molecular flexibility index (Phi) is 5.01. The molecule has 0 spiro atoms. The van der Waals surface area contributed by atoms with Crippen LogP contribution >= 0.6 is 0 Å². The van der Waals surface area contributed by atoms with Gasteiger partial charge in [-0.05, 0) is 44.0 Å². The van der Waals surface area contributed by atoms with Gasteiger partial charge in [0.25, 0.3) is 0 Å². The third-order valence-corrected chi connectivity index (χ3v) is 6.93. The predicted molar refractivity (Wildman–Crippen MR) is 103 cm³/mol. The van der Waals surface area contributed by atoms with E-state index in [9.17, 15) is 8.42 Å². The molecule has 0 atom stereocenters. The summed E-state index contributed by atoms with van der Waals surface area (Å²) < 4.78 is 33.1. The molecule has 1 aromatic carbocycles. The maximum Gasteiger partial charge on any atom is 0.246 e. The van der Waals surface area contributed by atoms with Crippen LogP contribution in [0.25, 0.3) is 0 Å².